The highest BCUT2D eigenvalue weighted by atomic mass is 16.5. The summed E-state index contributed by atoms with van der Waals surface area (Å²) in [5.41, 5.74) is 8.90. The molecule has 0 radical (unpaired) electrons. The zero-order chi connectivity index (χ0) is 21.8. The second kappa shape index (κ2) is 9.30. The van der Waals surface area contributed by atoms with E-state index in [4.69, 9.17) is 11.8 Å². The van der Waals surface area contributed by atoms with Gasteiger partial charge < -0.3 is 20.7 Å². The number of carbonyl (C=O) groups is 1. The van der Waals surface area contributed by atoms with E-state index in [9.17, 15) is 4.79 Å². The first-order chi connectivity index (χ1) is 15.0. The third-order valence-corrected chi connectivity index (χ3v) is 5.40. The molecule has 160 valence electrons. The monoisotopic (exact) mass is 411 g/mol. The number of nitrogen functional groups attached to an aromatic ring is 1. The number of rotatable bonds is 8. The molecule has 0 saturated carbocycles. The maximum Gasteiger partial charge on any atom is 0.320 e. The zero-order valence-corrected chi connectivity index (χ0v) is 17.4. The van der Waals surface area contributed by atoms with Gasteiger partial charge in [-0.1, -0.05) is 37.6 Å². The van der Waals surface area contributed by atoms with Crippen molar-refractivity contribution in [1.29, 1.82) is 0 Å². The van der Waals surface area contributed by atoms with Crippen LogP contribution in [0.4, 0.5) is 17.3 Å². The first-order valence-electron chi connectivity index (χ1n) is 11.1. The molecule has 3 heterocycles. The van der Waals surface area contributed by atoms with Crippen LogP contribution in [0.1, 0.15) is 45.1 Å². The van der Waals surface area contributed by atoms with Gasteiger partial charge in [-0.05, 0) is 43.5 Å². The molecule has 8 nitrogen and oxygen atoms in total. The second-order valence-corrected chi connectivity index (χ2v) is 7.84. The molecule has 8 heteroatoms. The van der Waals surface area contributed by atoms with Gasteiger partial charge in [0.15, 0.2) is 11.6 Å². The van der Waals surface area contributed by atoms with Crippen molar-refractivity contribution in [2.24, 2.45) is 0 Å². The minimum Gasteiger partial charge on any atom is -0.463 e. The molecule has 0 aliphatic carbocycles. The molecule has 30 heavy (non-hydrogen) atoms. The fourth-order valence-corrected chi connectivity index (χ4v) is 3.93. The summed E-state index contributed by atoms with van der Waals surface area (Å²) in [6, 6.07) is 8.65. The molecule has 0 bridgehead atoms. The van der Waals surface area contributed by atoms with Gasteiger partial charge in [0.2, 0.25) is 5.91 Å². The normalized spacial score (nSPS) is 18.0. The number of ether oxygens (including phenoxy) is 1. The second-order valence-electron chi connectivity index (χ2n) is 7.84. The quantitative estimate of drug-likeness (QED) is 0.689. The van der Waals surface area contributed by atoms with Crippen molar-refractivity contribution in [1.82, 2.24) is 14.9 Å². The fourth-order valence-electron chi connectivity index (χ4n) is 3.93. The maximum absolute atomic E-state index is 12.3. The Hall–Kier alpha value is -2.87. The Morgan fingerprint density at radius 2 is 2.00 bits per heavy atom. The van der Waals surface area contributed by atoms with E-state index in [-0.39, 0.29) is 30.7 Å². The topological polar surface area (TPSA) is 96.6 Å². The van der Waals surface area contributed by atoms with Gasteiger partial charge in [0.05, 0.1) is 13.2 Å². The molecule has 2 aliphatic heterocycles. The Morgan fingerprint density at radius 3 is 2.77 bits per heavy atom. The number of hydrogen-bond donors (Lipinski definition) is 2. The van der Waals surface area contributed by atoms with E-state index in [0.717, 1.165) is 25.2 Å². The Labute approximate surface area is 178 Å². The zero-order valence-electron chi connectivity index (χ0n) is 18.4. The number of aromatic nitrogens is 2. The maximum atomic E-state index is 12.3. The minimum atomic E-state index is -0.224. The summed E-state index contributed by atoms with van der Waals surface area (Å²) >= 11 is 0. The number of fused-ring (bicyclic) bond motifs is 1. The molecule has 1 atom stereocenters. The predicted octanol–water partition coefficient (Wildman–Crippen LogP) is 2.79. The Kier molecular flexibility index (Phi) is 5.92. The molecule has 1 fully saturated rings. The molecular weight excluding hydrogens is 380 g/mol. The van der Waals surface area contributed by atoms with Gasteiger partial charge in [0.25, 0.3) is 0 Å². The Bertz CT molecular complexity index is 932. The molecule has 1 aromatic heterocycles. The van der Waals surface area contributed by atoms with Crippen LogP contribution in [0.3, 0.4) is 0 Å². The van der Waals surface area contributed by atoms with Crippen LogP contribution >= 0.6 is 0 Å². The van der Waals surface area contributed by atoms with Crippen LogP contribution < -0.4 is 20.7 Å². The van der Waals surface area contributed by atoms with Crippen molar-refractivity contribution in [3.8, 4) is 6.01 Å². The fraction of sp³-hybridized carbons (Fsp3) is 0.500. The van der Waals surface area contributed by atoms with Gasteiger partial charge >= 0.3 is 6.01 Å². The molecule has 1 aromatic carbocycles. The molecule has 4 rings (SSSR count). The lowest BCUT2D eigenvalue weighted by Gasteiger charge is -2.30. The molecule has 2 aliphatic rings. The van der Waals surface area contributed by atoms with Crippen molar-refractivity contribution in [2.45, 2.75) is 45.7 Å². The van der Waals surface area contributed by atoms with Gasteiger partial charge in [-0.15, -0.1) is 0 Å². The van der Waals surface area contributed by atoms with Crippen molar-refractivity contribution in [2.75, 3.05) is 42.2 Å². The lowest BCUT2D eigenvalue weighted by Crippen LogP contribution is -2.39. The molecule has 0 unspecified atom stereocenters. The van der Waals surface area contributed by atoms with Gasteiger partial charge in [-0.2, -0.15) is 9.97 Å². The standard InChI is InChI=1S/C22H30N6O2/c1-2-3-11-30-22-25-20(23)19-21(26-22)28(15-18(29)24-19)14-17-8-6-7-16(12-17)13-27-9-4-5-10-27/h6-8,12H,2-5,9-11,13-15H2,1H3,(H,24,29)(H2,23,25,26)/i2D/t2-/m0/s1. The number of nitrogens with one attached hydrogen (secondary N) is 1. The molecular formula is C22H30N6O2. The van der Waals surface area contributed by atoms with E-state index < -0.39 is 0 Å². The number of nitrogens with two attached hydrogens (primary N) is 1. The van der Waals surface area contributed by atoms with Gasteiger partial charge in [0, 0.05) is 14.5 Å². The van der Waals surface area contributed by atoms with E-state index in [0.29, 0.717) is 31.1 Å². The summed E-state index contributed by atoms with van der Waals surface area (Å²) in [4.78, 5) is 25.3. The summed E-state index contributed by atoms with van der Waals surface area (Å²) in [5, 5.41) is 2.78. The van der Waals surface area contributed by atoms with Crippen molar-refractivity contribution in [3.63, 3.8) is 0 Å². The van der Waals surface area contributed by atoms with E-state index in [1.807, 2.05) is 4.90 Å². The molecule has 3 N–H and O–H groups in total. The van der Waals surface area contributed by atoms with Crippen LogP contribution in [-0.4, -0.2) is 47.0 Å². The van der Waals surface area contributed by atoms with Gasteiger partial charge in [-0.3, -0.25) is 9.69 Å². The van der Waals surface area contributed by atoms with Crippen LogP contribution in [0, 0.1) is 0 Å². The van der Waals surface area contributed by atoms with Crippen LogP contribution in [0.5, 0.6) is 6.01 Å². The highest BCUT2D eigenvalue weighted by molar-refractivity contribution is 6.03. The van der Waals surface area contributed by atoms with E-state index in [2.05, 4.69) is 44.5 Å². The van der Waals surface area contributed by atoms with Crippen LogP contribution in [-0.2, 0) is 17.9 Å². The summed E-state index contributed by atoms with van der Waals surface area (Å²) < 4.78 is 13.2. The number of nitrogens with zero attached hydrogens (tertiary/aromatic N) is 4. The number of carbonyl (C=O) groups excluding carboxylic acids is 1. The molecule has 2 aromatic rings. The van der Waals surface area contributed by atoms with Crippen LogP contribution in [0.15, 0.2) is 24.3 Å². The molecule has 1 saturated heterocycles. The largest absolute Gasteiger partial charge is 0.463 e. The van der Waals surface area contributed by atoms with E-state index in [1.165, 1.54) is 18.4 Å². The summed E-state index contributed by atoms with van der Waals surface area (Å²) in [5.74, 6) is 0.596. The highest BCUT2D eigenvalue weighted by Gasteiger charge is 2.27. The summed E-state index contributed by atoms with van der Waals surface area (Å²) in [6.45, 7) is 6.13. The smallest absolute Gasteiger partial charge is 0.320 e. The number of likely N-dealkylation sites (tertiary alicyclic amines) is 1. The predicted molar refractivity (Wildman–Crippen MR) is 117 cm³/mol. The van der Waals surface area contributed by atoms with E-state index in [1.54, 1.807) is 6.92 Å². The average molecular weight is 412 g/mol. The lowest BCUT2D eigenvalue weighted by atomic mass is 10.1. The van der Waals surface area contributed by atoms with Crippen molar-refractivity contribution >= 4 is 23.2 Å². The summed E-state index contributed by atoms with van der Waals surface area (Å²) in [6.07, 6.45) is 2.89. The highest BCUT2D eigenvalue weighted by Crippen LogP contribution is 2.34. The van der Waals surface area contributed by atoms with Crippen LogP contribution in [0.25, 0.3) is 0 Å². The van der Waals surface area contributed by atoms with Crippen LogP contribution in [0.2, 0.25) is 0 Å². The van der Waals surface area contributed by atoms with Crippen molar-refractivity contribution in [3.05, 3.63) is 35.4 Å². The third kappa shape index (κ3) is 4.81. The van der Waals surface area contributed by atoms with Gasteiger partial charge in [0.1, 0.15) is 5.69 Å². The Morgan fingerprint density at radius 1 is 1.23 bits per heavy atom. The lowest BCUT2D eigenvalue weighted by molar-refractivity contribution is -0.115. The number of amides is 1. The minimum absolute atomic E-state index is 0.146. The van der Waals surface area contributed by atoms with Gasteiger partial charge in [-0.25, -0.2) is 0 Å². The number of anilines is 3. The number of hydrogen-bond acceptors (Lipinski definition) is 7. The first kappa shape index (κ1) is 19.1. The third-order valence-electron chi connectivity index (χ3n) is 5.40. The SMILES string of the molecule is [2H][C@@H](C)CCOc1nc(N)c2c(n1)N(Cc1cccc(CN3CCCC3)c1)CC(=O)N2. The summed E-state index contributed by atoms with van der Waals surface area (Å²) in [7, 11) is 0. The van der Waals surface area contributed by atoms with Crippen molar-refractivity contribution < 1.29 is 10.9 Å². The first-order valence-corrected chi connectivity index (χ1v) is 10.6. The molecule has 0 spiro atoms. The number of benzene rings is 1. The Balaban J connectivity index is 1.52. The van der Waals surface area contributed by atoms with E-state index >= 15 is 0 Å². The molecule has 1 amide bonds. The average Bonchev–Trinajstić information content (AvgIpc) is 3.22.